The molecule has 5 nitrogen and oxygen atoms in total. The zero-order valence-corrected chi connectivity index (χ0v) is 10.1. The molecule has 0 amide bonds. The number of fused-ring (bicyclic) bond motifs is 1. The molecule has 0 saturated carbocycles. The van der Waals surface area contributed by atoms with Crippen LogP contribution in [-0.4, -0.2) is 36.6 Å². The molecule has 0 aliphatic carbocycles. The van der Waals surface area contributed by atoms with Gasteiger partial charge in [-0.3, -0.25) is 4.68 Å². The molecule has 6 heteroatoms. The molecule has 0 aliphatic rings. The number of ether oxygens (including phenoxy) is 2. The molecule has 0 N–H and O–H groups in total. The van der Waals surface area contributed by atoms with Gasteiger partial charge in [0, 0.05) is 12.5 Å². The zero-order chi connectivity index (χ0) is 13.1. The third kappa shape index (κ3) is 2.19. The fourth-order valence-corrected chi connectivity index (χ4v) is 1.72. The summed E-state index contributed by atoms with van der Waals surface area (Å²) in [7, 11) is 2.80. The molecule has 96 valence electrons. The number of benzene rings is 1. The van der Waals surface area contributed by atoms with E-state index in [0.717, 1.165) is 0 Å². The molecular weight excluding hydrogens is 239 g/mol. The van der Waals surface area contributed by atoms with E-state index in [9.17, 15) is 9.18 Å². The molecule has 0 atom stereocenters. The van der Waals surface area contributed by atoms with Crippen molar-refractivity contribution < 1.29 is 18.7 Å². The highest BCUT2D eigenvalue weighted by Gasteiger charge is 2.15. The Hall–Kier alpha value is -1.95. The van der Waals surface area contributed by atoms with Crippen molar-refractivity contribution in [2.75, 3.05) is 20.8 Å². The number of esters is 1. The van der Waals surface area contributed by atoms with Crippen LogP contribution in [0.25, 0.3) is 10.9 Å². The highest BCUT2D eigenvalue weighted by atomic mass is 19.1. The molecule has 0 aliphatic heterocycles. The van der Waals surface area contributed by atoms with Gasteiger partial charge in [0.1, 0.15) is 5.82 Å². The minimum absolute atomic E-state index is 0.0934. The topological polar surface area (TPSA) is 53.4 Å². The average molecular weight is 252 g/mol. The first kappa shape index (κ1) is 12.5. The lowest BCUT2D eigenvalue weighted by atomic mass is 10.1. The van der Waals surface area contributed by atoms with Crippen LogP contribution in [-0.2, 0) is 16.0 Å². The summed E-state index contributed by atoms with van der Waals surface area (Å²) in [5.74, 6) is -1.31. The maximum atomic E-state index is 13.7. The van der Waals surface area contributed by atoms with E-state index in [1.54, 1.807) is 18.0 Å². The lowest BCUT2D eigenvalue weighted by Crippen LogP contribution is -2.08. The van der Waals surface area contributed by atoms with Crippen LogP contribution >= 0.6 is 0 Å². The van der Waals surface area contributed by atoms with Crippen molar-refractivity contribution in [3.05, 3.63) is 29.7 Å². The molecule has 0 unspecified atom stereocenters. The number of hydrogen-bond donors (Lipinski definition) is 0. The summed E-state index contributed by atoms with van der Waals surface area (Å²) in [5, 5.41) is 4.75. The van der Waals surface area contributed by atoms with E-state index in [-0.39, 0.29) is 5.56 Å². The average Bonchev–Trinajstić information content (AvgIpc) is 2.76. The molecule has 0 spiro atoms. The molecule has 2 aromatic rings. The van der Waals surface area contributed by atoms with E-state index in [1.807, 2.05) is 0 Å². The van der Waals surface area contributed by atoms with Gasteiger partial charge in [-0.25, -0.2) is 9.18 Å². The minimum atomic E-state index is -0.700. The standard InChI is InChI=1S/C12H13FN2O3/c1-17-4-3-15-11-6-9(12(16)18-2)10(13)5-8(11)7-14-15/h5-7H,3-4H2,1-2H3. The van der Waals surface area contributed by atoms with Gasteiger partial charge in [-0.1, -0.05) is 0 Å². The summed E-state index contributed by atoms with van der Waals surface area (Å²) < 4.78 is 24.8. The lowest BCUT2D eigenvalue weighted by molar-refractivity contribution is 0.0595. The van der Waals surface area contributed by atoms with Crippen molar-refractivity contribution >= 4 is 16.9 Å². The lowest BCUT2D eigenvalue weighted by Gasteiger charge is -2.05. The summed E-state index contributed by atoms with van der Waals surface area (Å²) in [6, 6.07) is 2.72. The number of aromatic nitrogens is 2. The van der Waals surface area contributed by atoms with Gasteiger partial charge in [0.25, 0.3) is 0 Å². The summed E-state index contributed by atoms with van der Waals surface area (Å²) in [6.45, 7) is 1.02. The maximum absolute atomic E-state index is 13.7. The molecule has 18 heavy (non-hydrogen) atoms. The molecule has 0 fully saturated rings. The molecule has 1 aromatic heterocycles. The fraction of sp³-hybridized carbons (Fsp3) is 0.333. The minimum Gasteiger partial charge on any atom is -0.465 e. The van der Waals surface area contributed by atoms with Crippen LogP contribution in [0.2, 0.25) is 0 Å². The van der Waals surface area contributed by atoms with Crippen molar-refractivity contribution in [1.29, 1.82) is 0 Å². The smallest absolute Gasteiger partial charge is 0.340 e. The van der Waals surface area contributed by atoms with Gasteiger partial charge in [-0.05, 0) is 12.1 Å². The van der Waals surface area contributed by atoms with E-state index in [0.29, 0.717) is 24.1 Å². The van der Waals surface area contributed by atoms with Crippen LogP contribution in [0.4, 0.5) is 4.39 Å². The predicted octanol–water partition coefficient (Wildman–Crippen LogP) is 1.61. The van der Waals surface area contributed by atoms with Crippen LogP contribution in [0.1, 0.15) is 10.4 Å². The fourth-order valence-electron chi connectivity index (χ4n) is 1.72. The van der Waals surface area contributed by atoms with Gasteiger partial charge in [0.2, 0.25) is 0 Å². The van der Waals surface area contributed by atoms with E-state index in [1.165, 1.54) is 19.2 Å². The molecule has 0 bridgehead atoms. The third-order valence-corrected chi connectivity index (χ3v) is 2.64. The van der Waals surface area contributed by atoms with Crippen molar-refractivity contribution in [3.8, 4) is 0 Å². The Labute approximate surface area is 103 Å². The number of carbonyl (C=O) groups is 1. The van der Waals surface area contributed by atoms with E-state index >= 15 is 0 Å². The van der Waals surface area contributed by atoms with Gasteiger partial charge in [-0.15, -0.1) is 0 Å². The molecule has 2 rings (SSSR count). The first-order chi connectivity index (χ1) is 8.67. The Bertz CT molecular complexity index is 580. The van der Waals surface area contributed by atoms with Crippen molar-refractivity contribution in [3.63, 3.8) is 0 Å². The van der Waals surface area contributed by atoms with Gasteiger partial charge in [0.05, 0.1) is 37.5 Å². The number of carbonyl (C=O) groups excluding carboxylic acids is 1. The summed E-state index contributed by atoms with van der Waals surface area (Å²) in [4.78, 5) is 11.4. The van der Waals surface area contributed by atoms with Crippen LogP contribution in [0, 0.1) is 5.82 Å². The largest absolute Gasteiger partial charge is 0.465 e. The summed E-state index contributed by atoms with van der Waals surface area (Å²) >= 11 is 0. The second-order valence-corrected chi connectivity index (χ2v) is 3.74. The second kappa shape index (κ2) is 5.14. The third-order valence-electron chi connectivity index (χ3n) is 2.64. The highest BCUT2D eigenvalue weighted by Crippen LogP contribution is 2.19. The Kier molecular flexibility index (Phi) is 3.57. The maximum Gasteiger partial charge on any atom is 0.340 e. The molecule has 0 radical (unpaired) electrons. The van der Waals surface area contributed by atoms with Crippen LogP contribution in [0.3, 0.4) is 0 Å². The quantitative estimate of drug-likeness (QED) is 0.776. The first-order valence-corrected chi connectivity index (χ1v) is 5.39. The predicted molar refractivity (Wildman–Crippen MR) is 62.9 cm³/mol. The van der Waals surface area contributed by atoms with Crippen molar-refractivity contribution in [2.24, 2.45) is 0 Å². The number of halogens is 1. The normalized spacial score (nSPS) is 10.8. The van der Waals surface area contributed by atoms with Crippen LogP contribution < -0.4 is 0 Å². The molecule has 1 aromatic carbocycles. The molecule has 0 saturated heterocycles. The van der Waals surface area contributed by atoms with Crippen molar-refractivity contribution in [2.45, 2.75) is 6.54 Å². The molecule has 1 heterocycles. The Morgan fingerprint density at radius 3 is 2.89 bits per heavy atom. The summed E-state index contributed by atoms with van der Waals surface area (Å²) in [5.41, 5.74) is 0.581. The van der Waals surface area contributed by atoms with Gasteiger partial charge < -0.3 is 9.47 Å². The Morgan fingerprint density at radius 2 is 2.22 bits per heavy atom. The molecular formula is C12H13FN2O3. The number of methoxy groups -OCH3 is 2. The zero-order valence-electron chi connectivity index (χ0n) is 10.1. The number of hydrogen-bond acceptors (Lipinski definition) is 4. The van der Waals surface area contributed by atoms with Crippen LogP contribution in [0.5, 0.6) is 0 Å². The van der Waals surface area contributed by atoms with Gasteiger partial charge in [0.15, 0.2) is 0 Å². The summed E-state index contributed by atoms with van der Waals surface area (Å²) in [6.07, 6.45) is 1.55. The SMILES string of the molecule is COCCn1ncc2cc(F)c(C(=O)OC)cc21. The van der Waals surface area contributed by atoms with Gasteiger partial charge >= 0.3 is 5.97 Å². The van der Waals surface area contributed by atoms with Crippen molar-refractivity contribution in [1.82, 2.24) is 9.78 Å². The second-order valence-electron chi connectivity index (χ2n) is 3.74. The van der Waals surface area contributed by atoms with E-state index < -0.39 is 11.8 Å². The first-order valence-electron chi connectivity index (χ1n) is 5.39. The van der Waals surface area contributed by atoms with E-state index in [2.05, 4.69) is 9.84 Å². The van der Waals surface area contributed by atoms with Gasteiger partial charge in [-0.2, -0.15) is 5.10 Å². The Balaban J connectivity index is 2.48. The van der Waals surface area contributed by atoms with E-state index in [4.69, 9.17) is 4.74 Å². The highest BCUT2D eigenvalue weighted by molar-refractivity contribution is 5.94. The van der Waals surface area contributed by atoms with Crippen LogP contribution in [0.15, 0.2) is 18.3 Å². The Morgan fingerprint density at radius 1 is 1.44 bits per heavy atom. The number of rotatable bonds is 4. The monoisotopic (exact) mass is 252 g/mol. The number of nitrogens with zero attached hydrogens (tertiary/aromatic N) is 2.